The normalized spacial score (nSPS) is 11.3. The SMILES string of the molecule is Cc1cc2nnnn2c2ccc(O)cc12. The lowest BCUT2D eigenvalue weighted by atomic mass is 10.1. The van der Waals surface area contributed by atoms with E-state index in [1.165, 1.54) is 0 Å². The Morgan fingerprint density at radius 3 is 3.00 bits per heavy atom. The molecule has 2 heterocycles. The molecule has 1 aromatic carbocycles. The third-order valence-corrected chi connectivity index (χ3v) is 2.47. The van der Waals surface area contributed by atoms with Crippen LogP contribution in [0.5, 0.6) is 5.75 Å². The highest BCUT2D eigenvalue weighted by Crippen LogP contribution is 2.23. The fourth-order valence-electron chi connectivity index (χ4n) is 1.75. The largest absolute Gasteiger partial charge is 0.508 e. The summed E-state index contributed by atoms with van der Waals surface area (Å²) in [7, 11) is 0. The van der Waals surface area contributed by atoms with Crippen LogP contribution < -0.4 is 0 Å². The summed E-state index contributed by atoms with van der Waals surface area (Å²) in [6.45, 7) is 1.97. The van der Waals surface area contributed by atoms with Crippen LogP contribution in [0.2, 0.25) is 0 Å². The van der Waals surface area contributed by atoms with E-state index in [0.29, 0.717) is 5.65 Å². The van der Waals surface area contributed by atoms with Crippen LogP contribution in [0.25, 0.3) is 16.6 Å². The molecule has 15 heavy (non-hydrogen) atoms. The first-order valence-corrected chi connectivity index (χ1v) is 4.56. The molecule has 0 unspecified atom stereocenters. The number of phenolic OH excluding ortho intramolecular Hbond substituents is 1. The number of hydrogen-bond acceptors (Lipinski definition) is 4. The maximum Gasteiger partial charge on any atom is 0.180 e. The van der Waals surface area contributed by atoms with Gasteiger partial charge in [-0.2, -0.15) is 4.52 Å². The fraction of sp³-hybridized carbons (Fsp3) is 0.100. The minimum atomic E-state index is 0.248. The maximum atomic E-state index is 9.42. The zero-order chi connectivity index (χ0) is 10.4. The molecule has 0 fully saturated rings. The number of tetrazole rings is 1. The molecular weight excluding hydrogens is 192 g/mol. The van der Waals surface area contributed by atoms with Crippen molar-refractivity contribution in [2.24, 2.45) is 0 Å². The summed E-state index contributed by atoms with van der Waals surface area (Å²) in [5, 5.41) is 21.8. The molecular formula is C10H8N4O. The molecule has 0 saturated carbocycles. The van der Waals surface area contributed by atoms with E-state index >= 15 is 0 Å². The van der Waals surface area contributed by atoms with Crippen LogP contribution in [0.1, 0.15) is 5.56 Å². The summed E-state index contributed by atoms with van der Waals surface area (Å²) >= 11 is 0. The predicted octanol–water partition coefficient (Wildman–Crippen LogP) is 1.29. The molecule has 5 heteroatoms. The van der Waals surface area contributed by atoms with Crippen LogP contribution in [0, 0.1) is 6.92 Å². The second-order valence-corrected chi connectivity index (χ2v) is 3.48. The Hall–Kier alpha value is -2.17. The van der Waals surface area contributed by atoms with Crippen LogP contribution in [0.4, 0.5) is 0 Å². The molecule has 0 aliphatic heterocycles. The topological polar surface area (TPSA) is 63.3 Å². The standard InChI is InChI=1S/C10H8N4O/c1-6-4-10-11-12-13-14(10)9-3-2-7(15)5-8(6)9/h2-5,15H,1H3. The van der Waals surface area contributed by atoms with Gasteiger partial charge in [0.2, 0.25) is 0 Å². The monoisotopic (exact) mass is 200 g/mol. The molecule has 0 bridgehead atoms. The van der Waals surface area contributed by atoms with Gasteiger partial charge in [-0.3, -0.25) is 0 Å². The second-order valence-electron chi connectivity index (χ2n) is 3.48. The number of rotatable bonds is 0. The van der Waals surface area contributed by atoms with Crippen LogP contribution in [-0.2, 0) is 0 Å². The molecule has 3 rings (SSSR count). The number of pyridine rings is 1. The van der Waals surface area contributed by atoms with Gasteiger partial charge in [0.05, 0.1) is 5.52 Å². The summed E-state index contributed by atoms with van der Waals surface area (Å²) in [6.07, 6.45) is 0. The highest BCUT2D eigenvalue weighted by Gasteiger charge is 2.06. The molecule has 0 amide bonds. The lowest BCUT2D eigenvalue weighted by Gasteiger charge is -2.03. The van der Waals surface area contributed by atoms with Crippen molar-refractivity contribution in [3.05, 3.63) is 29.8 Å². The molecule has 0 aliphatic carbocycles. The average molecular weight is 200 g/mol. The maximum absolute atomic E-state index is 9.42. The minimum absolute atomic E-state index is 0.248. The highest BCUT2D eigenvalue weighted by molar-refractivity contribution is 5.86. The zero-order valence-corrected chi connectivity index (χ0v) is 8.05. The van der Waals surface area contributed by atoms with Crippen molar-refractivity contribution < 1.29 is 5.11 Å². The summed E-state index contributed by atoms with van der Waals surface area (Å²) < 4.78 is 1.65. The quantitative estimate of drug-likeness (QED) is 0.594. The zero-order valence-electron chi connectivity index (χ0n) is 8.05. The number of phenols is 1. The van der Waals surface area contributed by atoms with Gasteiger partial charge in [-0.15, -0.1) is 5.10 Å². The van der Waals surface area contributed by atoms with Gasteiger partial charge in [0.1, 0.15) is 5.75 Å². The number of nitrogens with zero attached hydrogens (tertiary/aromatic N) is 4. The van der Waals surface area contributed by atoms with E-state index in [1.807, 2.05) is 13.0 Å². The van der Waals surface area contributed by atoms with Crippen LogP contribution in [0.3, 0.4) is 0 Å². The molecule has 2 aromatic heterocycles. The Bertz CT molecular complexity index is 659. The first-order valence-electron chi connectivity index (χ1n) is 4.56. The van der Waals surface area contributed by atoms with Crippen LogP contribution in [-0.4, -0.2) is 25.1 Å². The van der Waals surface area contributed by atoms with Crippen LogP contribution in [0.15, 0.2) is 24.3 Å². The Labute approximate surface area is 85.0 Å². The molecule has 0 aliphatic rings. The summed E-state index contributed by atoms with van der Waals surface area (Å²) in [5.41, 5.74) is 2.65. The van der Waals surface area contributed by atoms with Gasteiger partial charge in [-0.1, -0.05) is 0 Å². The first-order chi connectivity index (χ1) is 7.25. The van der Waals surface area contributed by atoms with Crippen molar-refractivity contribution in [3.63, 3.8) is 0 Å². The summed E-state index contributed by atoms with van der Waals surface area (Å²) in [6, 6.07) is 7.04. The Balaban J connectivity index is 2.61. The van der Waals surface area contributed by atoms with Crippen molar-refractivity contribution in [2.75, 3.05) is 0 Å². The van der Waals surface area contributed by atoms with Gasteiger partial charge < -0.3 is 5.11 Å². The lowest BCUT2D eigenvalue weighted by molar-refractivity contribution is 0.476. The van der Waals surface area contributed by atoms with Crippen molar-refractivity contribution in [1.82, 2.24) is 20.0 Å². The predicted molar refractivity (Wildman–Crippen MR) is 54.7 cm³/mol. The minimum Gasteiger partial charge on any atom is -0.508 e. The Morgan fingerprint density at radius 2 is 2.13 bits per heavy atom. The van der Waals surface area contributed by atoms with Crippen molar-refractivity contribution in [2.45, 2.75) is 6.92 Å². The molecule has 1 N–H and O–H groups in total. The number of hydrogen-bond donors (Lipinski definition) is 1. The molecule has 3 aromatic rings. The van der Waals surface area contributed by atoms with E-state index in [1.54, 1.807) is 22.7 Å². The second kappa shape index (κ2) is 2.66. The van der Waals surface area contributed by atoms with Gasteiger partial charge in [0, 0.05) is 5.39 Å². The van der Waals surface area contributed by atoms with E-state index in [9.17, 15) is 5.11 Å². The number of aromatic hydroxyl groups is 1. The summed E-state index contributed by atoms with van der Waals surface area (Å²) in [5.74, 6) is 0.248. The Morgan fingerprint density at radius 1 is 1.27 bits per heavy atom. The summed E-state index contributed by atoms with van der Waals surface area (Å²) in [4.78, 5) is 0. The van der Waals surface area contributed by atoms with E-state index in [2.05, 4.69) is 15.5 Å². The van der Waals surface area contributed by atoms with Gasteiger partial charge in [0.25, 0.3) is 0 Å². The van der Waals surface area contributed by atoms with E-state index < -0.39 is 0 Å². The van der Waals surface area contributed by atoms with Crippen molar-refractivity contribution in [3.8, 4) is 5.75 Å². The number of fused-ring (bicyclic) bond motifs is 3. The number of aromatic nitrogens is 4. The van der Waals surface area contributed by atoms with E-state index in [0.717, 1.165) is 16.5 Å². The number of aryl methyl sites for hydroxylation is 1. The molecule has 5 nitrogen and oxygen atoms in total. The molecule has 0 saturated heterocycles. The first kappa shape index (κ1) is 8.16. The van der Waals surface area contributed by atoms with E-state index in [-0.39, 0.29) is 5.75 Å². The van der Waals surface area contributed by atoms with Gasteiger partial charge >= 0.3 is 0 Å². The molecule has 0 spiro atoms. The Kier molecular flexibility index (Phi) is 1.45. The lowest BCUT2D eigenvalue weighted by Crippen LogP contribution is -1.92. The van der Waals surface area contributed by atoms with E-state index in [4.69, 9.17) is 0 Å². The van der Waals surface area contributed by atoms with Crippen LogP contribution >= 0.6 is 0 Å². The molecule has 74 valence electrons. The highest BCUT2D eigenvalue weighted by atomic mass is 16.3. The molecule has 0 radical (unpaired) electrons. The fourth-order valence-corrected chi connectivity index (χ4v) is 1.75. The molecule has 0 atom stereocenters. The van der Waals surface area contributed by atoms with Gasteiger partial charge in [0.15, 0.2) is 5.65 Å². The van der Waals surface area contributed by atoms with Gasteiger partial charge in [-0.05, 0) is 47.2 Å². The van der Waals surface area contributed by atoms with Crippen molar-refractivity contribution >= 4 is 16.6 Å². The third-order valence-electron chi connectivity index (χ3n) is 2.47. The average Bonchev–Trinajstić information content (AvgIpc) is 2.66. The van der Waals surface area contributed by atoms with Crippen molar-refractivity contribution in [1.29, 1.82) is 0 Å². The number of benzene rings is 1. The smallest absolute Gasteiger partial charge is 0.180 e. The third kappa shape index (κ3) is 1.06. The van der Waals surface area contributed by atoms with Gasteiger partial charge in [-0.25, -0.2) is 0 Å².